The van der Waals surface area contributed by atoms with E-state index in [1.165, 1.54) is 13.2 Å². The molecule has 3 aromatic rings. The van der Waals surface area contributed by atoms with Crippen molar-refractivity contribution in [2.75, 3.05) is 7.11 Å². The molecule has 1 aromatic heterocycles. The van der Waals surface area contributed by atoms with E-state index in [4.69, 9.17) is 16.0 Å². The molecule has 0 radical (unpaired) electrons. The van der Waals surface area contributed by atoms with Gasteiger partial charge in [0, 0.05) is 27.6 Å². The molecule has 1 heterocycles. The van der Waals surface area contributed by atoms with Gasteiger partial charge >= 0.3 is 11.6 Å². The molecule has 0 saturated carbocycles. The molecule has 3 rings (SSSR count). The second kappa shape index (κ2) is 6.72. The molecule has 0 saturated heterocycles. The molecular formula is C19H13ClO4. The zero-order valence-electron chi connectivity index (χ0n) is 12.8. The van der Waals surface area contributed by atoms with Crippen LogP contribution in [0.15, 0.2) is 63.8 Å². The van der Waals surface area contributed by atoms with Crippen LogP contribution < -0.4 is 5.63 Å². The van der Waals surface area contributed by atoms with Crippen LogP contribution in [0.4, 0.5) is 0 Å². The lowest BCUT2D eigenvalue weighted by atomic mass is 10.0. The summed E-state index contributed by atoms with van der Waals surface area (Å²) in [6.45, 7) is 0. The Morgan fingerprint density at radius 3 is 2.58 bits per heavy atom. The van der Waals surface area contributed by atoms with Crippen LogP contribution in [0, 0.1) is 0 Å². The number of esters is 1. The largest absolute Gasteiger partial charge is 0.466 e. The summed E-state index contributed by atoms with van der Waals surface area (Å²) < 4.78 is 10.1. The summed E-state index contributed by atoms with van der Waals surface area (Å²) in [6, 6.07) is 14.2. The van der Waals surface area contributed by atoms with E-state index in [-0.39, 0.29) is 0 Å². The van der Waals surface area contributed by atoms with Crippen molar-refractivity contribution >= 4 is 34.4 Å². The number of halogens is 1. The van der Waals surface area contributed by atoms with Gasteiger partial charge < -0.3 is 9.15 Å². The fraction of sp³-hybridized carbons (Fsp3) is 0.0526. The third kappa shape index (κ3) is 3.09. The number of methoxy groups -OCH3 is 1. The van der Waals surface area contributed by atoms with Crippen molar-refractivity contribution < 1.29 is 13.9 Å². The molecular weight excluding hydrogens is 328 g/mol. The maximum absolute atomic E-state index is 12.3. The SMILES string of the molecule is COC(=O)/C=C/c1c(-c2ccccc2)oc(=O)c2cc(Cl)ccc12. The van der Waals surface area contributed by atoms with Gasteiger partial charge in [0.25, 0.3) is 0 Å². The molecule has 0 fully saturated rings. The highest BCUT2D eigenvalue weighted by atomic mass is 35.5. The Morgan fingerprint density at radius 1 is 1.12 bits per heavy atom. The molecule has 0 bridgehead atoms. The second-order valence-electron chi connectivity index (χ2n) is 5.04. The highest BCUT2D eigenvalue weighted by Gasteiger charge is 2.14. The van der Waals surface area contributed by atoms with Crippen LogP contribution in [0.25, 0.3) is 28.2 Å². The average Bonchev–Trinajstić information content (AvgIpc) is 2.61. The molecule has 0 amide bonds. The highest BCUT2D eigenvalue weighted by Crippen LogP contribution is 2.30. The normalized spacial score (nSPS) is 11.1. The van der Waals surface area contributed by atoms with Crippen molar-refractivity contribution in [2.24, 2.45) is 0 Å². The third-order valence-corrected chi connectivity index (χ3v) is 3.79. The molecule has 5 heteroatoms. The molecule has 0 N–H and O–H groups in total. The van der Waals surface area contributed by atoms with Gasteiger partial charge in [0.1, 0.15) is 5.76 Å². The first-order chi connectivity index (χ1) is 11.6. The number of ether oxygens (including phenoxy) is 1. The number of carbonyl (C=O) groups excluding carboxylic acids is 1. The van der Waals surface area contributed by atoms with Crippen LogP contribution in [0.3, 0.4) is 0 Å². The Labute approximate surface area is 142 Å². The van der Waals surface area contributed by atoms with Crippen LogP contribution in [-0.4, -0.2) is 13.1 Å². The van der Waals surface area contributed by atoms with Gasteiger partial charge in [0.05, 0.1) is 12.5 Å². The average molecular weight is 341 g/mol. The molecule has 120 valence electrons. The zero-order chi connectivity index (χ0) is 17.1. The lowest BCUT2D eigenvalue weighted by molar-refractivity contribution is -0.134. The molecule has 0 aliphatic rings. The van der Waals surface area contributed by atoms with Crippen LogP contribution in [0.5, 0.6) is 0 Å². The van der Waals surface area contributed by atoms with Crippen molar-refractivity contribution in [3.8, 4) is 11.3 Å². The van der Waals surface area contributed by atoms with E-state index in [9.17, 15) is 9.59 Å². The monoisotopic (exact) mass is 340 g/mol. The predicted molar refractivity (Wildman–Crippen MR) is 94.0 cm³/mol. The van der Waals surface area contributed by atoms with E-state index in [2.05, 4.69) is 4.74 Å². The number of carbonyl (C=O) groups is 1. The van der Waals surface area contributed by atoms with Gasteiger partial charge in [-0.3, -0.25) is 0 Å². The van der Waals surface area contributed by atoms with Crippen LogP contribution in [0.2, 0.25) is 5.02 Å². The van der Waals surface area contributed by atoms with Crippen molar-refractivity contribution in [2.45, 2.75) is 0 Å². The van der Waals surface area contributed by atoms with Crippen molar-refractivity contribution in [1.82, 2.24) is 0 Å². The van der Waals surface area contributed by atoms with E-state index in [0.29, 0.717) is 27.1 Å². The summed E-state index contributed by atoms with van der Waals surface area (Å²) in [7, 11) is 1.30. The van der Waals surface area contributed by atoms with Crippen molar-refractivity contribution in [3.05, 3.63) is 75.6 Å². The standard InChI is InChI=1S/C19H13ClO4/c1-23-17(21)10-9-15-14-8-7-13(20)11-16(14)19(22)24-18(15)12-5-3-2-4-6-12/h2-11H,1H3/b10-9+. The Morgan fingerprint density at radius 2 is 1.88 bits per heavy atom. The third-order valence-electron chi connectivity index (χ3n) is 3.55. The minimum absolute atomic E-state index is 0.353. The van der Waals surface area contributed by atoms with E-state index in [1.54, 1.807) is 24.3 Å². The van der Waals surface area contributed by atoms with Crippen LogP contribution in [-0.2, 0) is 9.53 Å². The minimum Gasteiger partial charge on any atom is -0.466 e. The van der Waals surface area contributed by atoms with E-state index in [0.717, 1.165) is 5.56 Å². The fourth-order valence-corrected chi connectivity index (χ4v) is 2.61. The van der Waals surface area contributed by atoms with E-state index in [1.807, 2.05) is 30.3 Å². The van der Waals surface area contributed by atoms with Gasteiger partial charge in [-0.05, 0) is 18.2 Å². The van der Waals surface area contributed by atoms with Crippen molar-refractivity contribution in [1.29, 1.82) is 0 Å². The Kier molecular flexibility index (Phi) is 4.49. The lowest BCUT2D eigenvalue weighted by Gasteiger charge is -2.09. The van der Waals surface area contributed by atoms with E-state index < -0.39 is 11.6 Å². The van der Waals surface area contributed by atoms with Gasteiger partial charge in [0.15, 0.2) is 0 Å². The smallest absolute Gasteiger partial charge is 0.344 e. The Balaban J connectivity index is 2.34. The number of hydrogen-bond donors (Lipinski definition) is 0. The van der Waals surface area contributed by atoms with Gasteiger partial charge in [-0.2, -0.15) is 0 Å². The first kappa shape index (κ1) is 16.0. The maximum atomic E-state index is 12.3. The maximum Gasteiger partial charge on any atom is 0.344 e. The lowest BCUT2D eigenvalue weighted by Crippen LogP contribution is -2.03. The van der Waals surface area contributed by atoms with Gasteiger partial charge in [-0.25, -0.2) is 9.59 Å². The molecule has 0 spiro atoms. The van der Waals surface area contributed by atoms with Crippen LogP contribution >= 0.6 is 11.6 Å². The summed E-state index contributed by atoms with van der Waals surface area (Å²) in [5.41, 5.74) is 0.857. The van der Waals surface area contributed by atoms with Crippen molar-refractivity contribution in [3.63, 3.8) is 0 Å². The summed E-state index contributed by atoms with van der Waals surface area (Å²) in [4.78, 5) is 23.8. The first-order valence-corrected chi connectivity index (χ1v) is 7.56. The number of benzene rings is 2. The minimum atomic E-state index is -0.498. The summed E-state index contributed by atoms with van der Waals surface area (Å²) in [6.07, 6.45) is 2.86. The first-order valence-electron chi connectivity index (χ1n) is 7.18. The molecule has 0 aliphatic heterocycles. The molecule has 24 heavy (non-hydrogen) atoms. The molecule has 0 atom stereocenters. The highest BCUT2D eigenvalue weighted by molar-refractivity contribution is 6.31. The molecule has 2 aromatic carbocycles. The zero-order valence-corrected chi connectivity index (χ0v) is 13.5. The van der Waals surface area contributed by atoms with E-state index >= 15 is 0 Å². The topological polar surface area (TPSA) is 56.5 Å². The van der Waals surface area contributed by atoms with Gasteiger partial charge in [-0.1, -0.05) is 48.0 Å². The molecule has 4 nitrogen and oxygen atoms in total. The molecule has 0 unspecified atom stereocenters. The Bertz CT molecular complexity index is 987. The summed E-state index contributed by atoms with van der Waals surface area (Å²) in [5.74, 6) is -0.113. The predicted octanol–water partition coefficient (Wildman–Crippen LogP) is 4.30. The Hall–Kier alpha value is -2.85. The molecule has 0 aliphatic carbocycles. The van der Waals surface area contributed by atoms with Gasteiger partial charge in [0.2, 0.25) is 0 Å². The summed E-state index contributed by atoms with van der Waals surface area (Å²) in [5, 5.41) is 1.44. The summed E-state index contributed by atoms with van der Waals surface area (Å²) >= 11 is 5.98. The fourth-order valence-electron chi connectivity index (χ4n) is 2.43. The second-order valence-corrected chi connectivity index (χ2v) is 5.48. The number of hydrogen-bond acceptors (Lipinski definition) is 4. The quantitative estimate of drug-likeness (QED) is 0.527. The van der Waals surface area contributed by atoms with Crippen LogP contribution in [0.1, 0.15) is 5.56 Å². The number of fused-ring (bicyclic) bond motifs is 1. The van der Waals surface area contributed by atoms with Gasteiger partial charge in [-0.15, -0.1) is 0 Å². The number of rotatable bonds is 3.